The number of morpholine rings is 1. The number of hydrogen-bond donors (Lipinski definition) is 0. The van der Waals surface area contributed by atoms with Crippen molar-refractivity contribution in [1.29, 1.82) is 0 Å². The van der Waals surface area contributed by atoms with Gasteiger partial charge >= 0.3 is 0 Å². The van der Waals surface area contributed by atoms with E-state index in [2.05, 4.69) is 41.3 Å². The zero-order chi connectivity index (χ0) is 18.9. The van der Waals surface area contributed by atoms with Gasteiger partial charge in [0.25, 0.3) is 0 Å². The summed E-state index contributed by atoms with van der Waals surface area (Å²) in [5.74, 6) is 1.28. The van der Waals surface area contributed by atoms with Crippen LogP contribution in [0, 0.1) is 11.7 Å². The third-order valence-electron chi connectivity index (χ3n) is 6.01. The number of nitrogens with zero attached hydrogens (tertiary/aromatic N) is 1. The number of rotatable bonds is 6. The van der Waals surface area contributed by atoms with Crippen molar-refractivity contribution in [3.63, 3.8) is 0 Å². The Kier molecular flexibility index (Phi) is 4.91. The quantitative estimate of drug-likeness (QED) is 0.728. The molecule has 1 saturated heterocycles. The van der Waals surface area contributed by atoms with E-state index in [-0.39, 0.29) is 11.9 Å². The molecule has 146 valence electrons. The second kappa shape index (κ2) is 7.69. The van der Waals surface area contributed by atoms with Gasteiger partial charge < -0.3 is 9.47 Å². The third kappa shape index (κ3) is 3.85. The summed E-state index contributed by atoms with van der Waals surface area (Å²) >= 11 is 0. The second-order valence-corrected chi connectivity index (χ2v) is 8.21. The summed E-state index contributed by atoms with van der Waals surface area (Å²) in [6.07, 6.45) is 5.61. The van der Waals surface area contributed by atoms with Crippen LogP contribution in [0.5, 0.6) is 5.75 Å². The lowest BCUT2D eigenvalue weighted by Gasteiger charge is -2.45. The molecule has 1 saturated carbocycles. The Morgan fingerprint density at radius 2 is 1.93 bits per heavy atom. The molecule has 2 fully saturated rings. The van der Waals surface area contributed by atoms with Gasteiger partial charge in [-0.1, -0.05) is 36.4 Å². The minimum absolute atomic E-state index is 0.206. The first-order valence-electron chi connectivity index (χ1n) is 10.3. The Hall–Kier alpha value is -2.17. The zero-order valence-electron chi connectivity index (χ0n) is 16.0. The fourth-order valence-electron chi connectivity index (χ4n) is 4.27. The van der Waals surface area contributed by atoms with Crippen molar-refractivity contribution in [2.75, 3.05) is 19.8 Å². The van der Waals surface area contributed by atoms with E-state index < -0.39 is 0 Å². The Balaban J connectivity index is 1.41. The average Bonchev–Trinajstić information content (AvgIpc) is 3.52. The summed E-state index contributed by atoms with van der Waals surface area (Å²) in [5.41, 5.74) is 3.42. The van der Waals surface area contributed by atoms with Crippen molar-refractivity contribution in [2.24, 2.45) is 5.92 Å². The van der Waals surface area contributed by atoms with Crippen molar-refractivity contribution in [3.05, 3.63) is 71.6 Å². The van der Waals surface area contributed by atoms with Crippen molar-refractivity contribution in [3.8, 4) is 5.75 Å². The Morgan fingerprint density at radius 3 is 2.71 bits per heavy atom. The molecule has 2 heterocycles. The van der Waals surface area contributed by atoms with E-state index in [9.17, 15) is 4.39 Å². The first-order valence-corrected chi connectivity index (χ1v) is 10.3. The lowest BCUT2D eigenvalue weighted by Crippen LogP contribution is -2.53. The van der Waals surface area contributed by atoms with Gasteiger partial charge in [0.2, 0.25) is 0 Å². The van der Waals surface area contributed by atoms with Crippen LogP contribution in [0.15, 0.2) is 54.6 Å². The fourth-order valence-corrected chi connectivity index (χ4v) is 4.27. The van der Waals surface area contributed by atoms with Gasteiger partial charge in [-0.2, -0.15) is 0 Å². The molecular weight excluding hydrogens is 353 g/mol. The smallest absolute Gasteiger partial charge is 0.126 e. The van der Waals surface area contributed by atoms with Gasteiger partial charge in [-0.3, -0.25) is 4.90 Å². The Bertz CT molecular complexity index is 862. The number of ether oxygens (including phenoxy) is 2. The number of benzene rings is 2. The fraction of sp³-hybridized carbons (Fsp3) is 0.417. The van der Waals surface area contributed by atoms with Crippen LogP contribution < -0.4 is 4.74 Å². The van der Waals surface area contributed by atoms with Crippen LogP contribution in [0.1, 0.15) is 30.4 Å². The molecule has 3 nitrogen and oxygen atoms in total. The summed E-state index contributed by atoms with van der Waals surface area (Å²) in [6.45, 7) is 3.05. The highest BCUT2D eigenvalue weighted by Gasteiger charge is 2.35. The predicted molar refractivity (Wildman–Crippen MR) is 108 cm³/mol. The molecule has 2 unspecified atom stereocenters. The van der Waals surface area contributed by atoms with Crippen LogP contribution in [0.3, 0.4) is 0 Å². The molecule has 0 N–H and O–H groups in total. The van der Waals surface area contributed by atoms with Crippen molar-refractivity contribution in [2.45, 2.75) is 37.9 Å². The highest BCUT2D eigenvalue weighted by molar-refractivity contribution is 5.72. The minimum Gasteiger partial charge on any atom is -0.493 e. The molecule has 2 atom stereocenters. The molecule has 2 aromatic carbocycles. The summed E-state index contributed by atoms with van der Waals surface area (Å²) in [6, 6.07) is 16.0. The zero-order valence-corrected chi connectivity index (χ0v) is 16.0. The Morgan fingerprint density at radius 1 is 1.07 bits per heavy atom. The molecule has 2 aliphatic heterocycles. The number of fused-ring (bicyclic) bond motifs is 2. The van der Waals surface area contributed by atoms with Crippen LogP contribution >= 0.6 is 0 Å². The van der Waals surface area contributed by atoms with E-state index in [4.69, 9.17) is 9.47 Å². The maximum absolute atomic E-state index is 14.0. The monoisotopic (exact) mass is 379 g/mol. The number of hydrogen-bond acceptors (Lipinski definition) is 3. The standard InChI is InChI=1S/C24H26FNO2/c25-20-8-9-24(28-14-18-6-7-18)23(12-20)19-10-21-15-27-16-22(11-19)26(21)13-17-4-2-1-3-5-17/h1-5,8-10,12,18,21-22H,6-7,11,13-16H2. The molecule has 0 aromatic heterocycles. The van der Waals surface area contributed by atoms with E-state index in [1.807, 2.05) is 0 Å². The van der Waals surface area contributed by atoms with Crippen molar-refractivity contribution < 1.29 is 13.9 Å². The van der Waals surface area contributed by atoms with Crippen molar-refractivity contribution in [1.82, 2.24) is 4.90 Å². The number of halogens is 1. The topological polar surface area (TPSA) is 21.7 Å². The molecule has 4 heteroatoms. The Labute approximate surface area is 165 Å². The summed E-state index contributed by atoms with van der Waals surface area (Å²) in [7, 11) is 0. The molecule has 1 aliphatic carbocycles. The molecular formula is C24H26FNO2. The van der Waals surface area contributed by atoms with Crippen LogP contribution in [0.2, 0.25) is 0 Å². The van der Waals surface area contributed by atoms with Gasteiger partial charge in [-0.25, -0.2) is 4.39 Å². The summed E-state index contributed by atoms with van der Waals surface area (Å²) in [4.78, 5) is 2.52. The molecule has 5 rings (SSSR count). The first kappa shape index (κ1) is 17.9. The van der Waals surface area contributed by atoms with E-state index in [0.29, 0.717) is 25.2 Å². The van der Waals surface area contributed by atoms with Crippen LogP contribution in [0.25, 0.3) is 5.57 Å². The SMILES string of the molecule is Fc1ccc(OCC2CC2)c(C2=CC3COCC(C2)N3Cc2ccccc2)c1. The van der Waals surface area contributed by atoms with Crippen LogP contribution in [-0.4, -0.2) is 36.8 Å². The maximum atomic E-state index is 14.0. The largest absolute Gasteiger partial charge is 0.493 e. The predicted octanol–water partition coefficient (Wildman–Crippen LogP) is 4.67. The van der Waals surface area contributed by atoms with Gasteiger partial charge in [0, 0.05) is 18.2 Å². The van der Waals surface area contributed by atoms with Crippen LogP contribution in [-0.2, 0) is 11.3 Å². The van der Waals surface area contributed by atoms with Gasteiger partial charge in [0.1, 0.15) is 11.6 Å². The van der Waals surface area contributed by atoms with E-state index >= 15 is 0 Å². The van der Waals surface area contributed by atoms with E-state index in [1.165, 1.54) is 30.0 Å². The van der Waals surface area contributed by atoms with Gasteiger partial charge in [0.05, 0.1) is 25.9 Å². The molecule has 0 amide bonds. The van der Waals surface area contributed by atoms with Gasteiger partial charge in [-0.15, -0.1) is 0 Å². The molecule has 0 spiro atoms. The van der Waals surface area contributed by atoms with Crippen LogP contribution in [0.4, 0.5) is 4.39 Å². The molecule has 2 bridgehead atoms. The minimum atomic E-state index is -0.206. The molecule has 2 aromatic rings. The maximum Gasteiger partial charge on any atom is 0.126 e. The molecule has 0 radical (unpaired) electrons. The summed E-state index contributed by atoms with van der Waals surface area (Å²) in [5, 5.41) is 0. The lowest BCUT2D eigenvalue weighted by molar-refractivity contribution is -0.0403. The lowest BCUT2D eigenvalue weighted by atomic mass is 9.89. The normalized spacial score (nSPS) is 24.7. The molecule has 28 heavy (non-hydrogen) atoms. The first-order chi connectivity index (χ1) is 13.8. The summed E-state index contributed by atoms with van der Waals surface area (Å²) < 4.78 is 25.9. The van der Waals surface area contributed by atoms with E-state index in [0.717, 1.165) is 30.9 Å². The average molecular weight is 379 g/mol. The highest BCUT2D eigenvalue weighted by Crippen LogP contribution is 2.38. The highest BCUT2D eigenvalue weighted by atomic mass is 19.1. The van der Waals surface area contributed by atoms with E-state index in [1.54, 1.807) is 12.1 Å². The second-order valence-electron chi connectivity index (χ2n) is 8.21. The molecule has 3 aliphatic rings. The van der Waals surface area contributed by atoms with Gasteiger partial charge in [-0.05, 0) is 54.5 Å². The van der Waals surface area contributed by atoms with Crippen molar-refractivity contribution >= 4 is 5.57 Å². The third-order valence-corrected chi connectivity index (χ3v) is 6.01. The van der Waals surface area contributed by atoms with Gasteiger partial charge in [0.15, 0.2) is 0 Å².